The van der Waals surface area contributed by atoms with Gasteiger partial charge in [0.05, 0.1) is 11.4 Å². The Morgan fingerprint density at radius 3 is 2.57 bits per heavy atom. The van der Waals surface area contributed by atoms with Crippen LogP contribution in [-0.2, 0) is 0 Å². The molecule has 0 spiro atoms. The molecule has 0 fully saturated rings. The Morgan fingerprint density at radius 1 is 1.17 bits per heavy atom. The Bertz CT molecular complexity index is 1100. The second-order valence-corrected chi connectivity index (χ2v) is 7.21. The van der Waals surface area contributed by atoms with Gasteiger partial charge in [-0.05, 0) is 62.6 Å². The van der Waals surface area contributed by atoms with Crippen molar-refractivity contribution < 1.29 is 4.79 Å². The normalized spacial score (nSPS) is 10.7. The Balaban J connectivity index is 1.98. The Morgan fingerprint density at radius 2 is 1.90 bits per heavy atom. The first-order chi connectivity index (χ1) is 14.6. The number of carbonyl (C=O) groups is 1. The van der Waals surface area contributed by atoms with Gasteiger partial charge in [0.25, 0.3) is 5.91 Å². The summed E-state index contributed by atoms with van der Waals surface area (Å²) in [4.78, 5) is 14.9. The van der Waals surface area contributed by atoms with Crippen LogP contribution in [0.25, 0.3) is 0 Å². The number of anilines is 2. The number of nitrogens with one attached hydrogen (secondary N) is 1. The highest BCUT2D eigenvalue weighted by Crippen LogP contribution is 2.34. The van der Waals surface area contributed by atoms with Crippen molar-refractivity contribution in [2.75, 3.05) is 23.3 Å². The molecular weight excluding hydrogens is 396 g/mol. The van der Waals surface area contributed by atoms with Crippen molar-refractivity contribution >= 4 is 39.5 Å². The minimum atomic E-state index is -0.227. The van der Waals surface area contributed by atoms with E-state index in [9.17, 15) is 10.1 Å². The van der Waals surface area contributed by atoms with Crippen molar-refractivity contribution in [2.45, 2.75) is 20.8 Å². The molecule has 0 aliphatic carbocycles. The van der Waals surface area contributed by atoms with Gasteiger partial charge in [0.1, 0.15) is 17.3 Å². The number of aromatic nitrogens is 1. The molecule has 1 heterocycles. The molecule has 30 heavy (non-hydrogen) atoms. The van der Waals surface area contributed by atoms with E-state index in [4.69, 9.17) is 0 Å². The number of azo groups is 1. The van der Waals surface area contributed by atoms with Crippen molar-refractivity contribution in [3.8, 4) is 6.07 Å². The van der Waals surface area contributed by atoms with E-state index in [2.05, 4.69) is 44.7 Å². The fraction of sp³-hybridized carbons (Fsp3) is 0.227. The second kappa shape index (κ2) is 9.76. The van der Waals surface area contributed by atoms with Crippen LogP contribution in [-0.4, -0.2) is 23.4 Å². The summed E-state index contributed by atoms with van der Waals surface area (Å²) in [6, 6.07) is 16.8. The lowest BCUT2D eigenvalue weighted by Gasteiger charge is -2.22. The topological polar surface area (TPSA) is 93.7 Å². The van der Waals surface area contributed by atoms with Crippen molar-refractivity contribution in [1.29, 1.82) is 5.26 Å². The molecule has 1 N–H and O–H groups in total. The van der Waals surface area contributed by atoms with E-state index < -0.39 is 0 Å². The number of rotatable bonds is 7. The van der Waals surface area contributed by atoms with E-state index in [1.54, 1.807) is 19.1 Å². The molecular formula is C22H22N6OS. The number of aryl methyl sites for hydroxylation is 1. The Kier molecular flexibility index (Phi) is 6.88. The minimum absolute atomic E-state index is 0.227. The quantitative estimate of drug-likeness (QED) is 0.488. The molecule has 3 rings (SSSR count). The molecule has 0 saturated heterocycles. The number of hydrogen-bond donors (Lipinski definition) is 1. The van der Waals surface area contributed by atoms with Crippen LogP contribution in [0.3, 0.4) is 0 Å². The van der Waals surface area contributed by atoms with Crippen molar-refractivity contribution in [3.63, 3.8) is 0 Å². The highest BCUT2D eigenvalue weighted by Gasteiger charge is 2.13. The van der Waals surface area contributed by atoms with Crippen LogP contribution in [0, 0.1) is 18.3 Å². The van der Waals surface area contributed by atoms with Crippen LogP contribution in [0.5, 0.6) is 0 Å². The van der Waals surface area contributed by atoms with Crippen LogP contribution in [0.2, 0.25) is 0 Å². The number of hydrogen-bond acceptors (Lipinski definition) is 7. The van der Waals surface area contributed by atoms with Gasteiger partial charge in [-0.1, -0.05) is 18.2 Å². The maximum Gasteiger partial charge on any atom is 0.255 e. The van der Waals surface area contributed by atoms with Crippen LogP contribution in [0.1, 0.15) is 35.5 Å². The van der Waals surface area contributed by atoms with Crippen molar-refractivity contribution in [2.24, 2.45) is 10.2 Å². The van der Waals surface area contributed by atoms with Crippen LogP contribution in [0.4, 0.5) is 22.1 Å². The molecule has 1 amide bonds. The summed E-state index contributed by atoms with van der Waals surface area (Å²) < 4.78 is 4.16. The summed E-state index contributed by atoms with van der Waals surface area (Å²) in [5, 5.41) is 21.2. The predicted octanol–water partition coefficient (Wildman–Crippen LogP) is 5.84. The maximum absolute atomic E-state index is 12.7. The summed E-state index contributed by atoms with van der Waals surface area (Å²) in [5.41, 5.74) is 3.64. The molecule has 0 atom stereocenters. The highest BCUT2D eigenvalue weighted by atomic mass is 32.1. The Hall–Kier alpha value is -3.57. The molecule has 2 aromatic carbocycles. The van der Waals surface area contributed by atoms with Crippen molar-refractivity contribution in [3.05, 3.63) is 65.4 Å². The summed E-state index contributed by atoms with van der Waals surface area (Å²) in [5.74, 6) is -0.227. The fourth-order valence-electron chi connectivity index (χ4n) is 2.93. The largest absolute Gasteiger partial charge is 0.372 e. The minimum Gasteiger partial charge on any atom is -0.372 e. The third kappa shape index (κ3) is 4.70. The molecule has 0 unspecified atom stereocenters. The van der Waals surface area contributed by atoms with Gasteiger partial charge >= 0.3 is 0 Å². The number of carbonyl (C=O) groups excluding carboxylic acids is 1. The molecule has 3 aromatic rings. The number of nitrogens with zero attached hydrogens (tertiary/aromatic N) is 5. The molecule has 8 heteroatoms. The number of nitriles is 1. The molecule has 0 bridgehead atoms. The zero-order chi connectivity index (χ0) is 21.5. The van der Waals surface area contributed by atoms with Crippen LogP contribution >= 0.6 is 11.5 Å². The zero-order valence-corrected chi connectivity index (χ0v) is 17.9. The lowest BCUT2D eigenvalue weighted by Crippen LogP contribution is -2.22. The first kappa shape index (κ1) is 21.1. The predicted molar refractivity (Wildman–Crippen MR) is 120 cm³/mol. The summed E-state index contributed by atoms with van der Waals surface area (Å²) in [6.07, 6.45) is 0. The third-order valence-corrected chi connectivity index (χ3v) is 5.42. The summed E-state index contributed by atoms with van der Waals surface area (Å²) in [7, 11) is 0. The van der Waals surface area contributed by atoms with Gasteiger partial charge in [0.2, 0.25) is 0 Å². The molecule has 0 aliphatic rings. The van der Waals surface area contributed by atoms with Gasteiger partial charge in [0.15, 0.2) is 5.00 Å². The van der Waals surface area contributed by atoms with Crippen molar-refractivity contribution in [1.82, 2.24) is 4.37 Å². The SMILES string of the molecule is CCN(CC)c1ccc(/N=N/c2snc(C)c2C#N)c(NC(=O)c2ccccc2)c1. The lowest BCUT2D eigenvalue weighted by molar-refractivity contribution is 0.102. The zero-order valence-electron chi connectivity index (χ0n) is 17.1. The van der Waals surface area contributed by atoms with Gasteiger partial charge in [-0.2, -0.15) is 9.64 Å². The third-order valence-electron chi connectivity index (χ3n) is 4.60. The molecule has 0 radical (unpaired) electrons. The van der Waals surface area contributed by atoms with E-state index in [1.165, 1.54) is 0 Å². The monoisotopic (exact) mass is 418 g/mol. The second-order valence-electron chi connectivity index (χ2n) is 6.45. The van der Waals surface area contributed by atoms with E-state index in [1.807, 2.05) is 36.4 Å². The molecule has 0 saturated carbocycles. The van der Waals surface area contributed by atoms with E-state index >= 15 is 0 Å². The summed E-state index contributed by atoms with van der Waals surface area (Å²) >= 11 is 1.12. The standard InChI is InChI=1S/C22H22N6OS/c1-4-28(5-2)17-11-12-19(25-26-22-18(14-23)15(3)27-30-22)20(13-17)24-21(29)16-9-7-6-8-10-16/h6-13H,4-5H2,1-3H3,(H,24,29)/b26-25+. The molecule has 0 aliphatic heterocycles. The molecule has 1 aromatic heterocycles. The van der Waals surface area contributed by atoms with Crippen LogP contribution < -0.4 is 10.2 Å². The van der Waals surface area contributed by atoms with Gasteiger partial charge in [0, 0.05) is 24.3 Å². The number of amides is 1. The maximum atomic E-state index is 12.7. The average Bonchev–Trinajstić information content (AvgIpc) is 3.14. The summed E-state index contributed by atoms with van der Waals surface area (Å²) in [6.45, 7) is 7.60. The Labute approximate surface area is 179 Å². The van der Waals surface area contributed by atoms with E-state index in [0.29, 0.717) is 33.2 Å². The smallest absolute Gasteiger partial charge is 0.255 e. The molecule has 152 valence electrons. The average molecular weight is 419 g/mol. The van der Waals surface area contributed by atoms with E-state index in [0.717, 1.165) is 30.3 Å². The molecule has 7 nitrogen and oxygen atoms in total. The van der Waals surface area contributed by atoms with Gasteiger partial charge in [-0.15, -0.1) is 10.2 Å². The van der Waals surface area contributed by atoms with Crippen LogP contribution in [0.15, 0.2) is 58.8 Å². The van der Waals surface area contributed by atoms with Gasteiger partial charge < -0.3 is 10.2 Å². The van der Waals surface area contributed by atoms with E-state index in [-0.39, 0.29) is 5.91 Å². The fourth-order valence-corrected chi connectivity index (χ4v) is 3.61. The van der Waals surface area contributed by atoms with Gasteiger partial charge in [-0.3, -0.25) is 4.79 Å². The first-order valence-electron chi connectivity index (χ1n) is 9.60. The number of benzene rings is 2. The lowest BCUT2D eigenvalue weighted by atomic mass is 10.2. The highest BCUT2D eigenvalue weighted by molar-refractivity contribution is 7.10. The van der Waals surface area contributed by atoms with Gasteiger partial charge in [-0.25, -0.2) is 0 Å². The first-order valence-corrected chi connectivity index (χ1v) is 10.4.